The number of hydrogen-bond acceptors (Lipinski definition) is 5. The highest BCUT2D eigenvalue weighted by Crippen LogP contribution is 2.23. The minimum atomic E-state index is -0.00433. The Balaban J connectivity index is 2.23. The molecule has 1 saturated heterocycles. The van der Waals surface area contributed by atoms with Crippen LogP contribution in [0.5, 0.6) is 0 Å². The van der Waals surface area contributed by atoms with Crippen molar-refractivity contribution in [3.05, 3.63) is 0 Å². The lowest BCUT2D eigenvalue weighted by Crippen LogP contribution is -2.31. The van der Waals surface area contributed by atoms with E-state index in [1.807, 2.05) is 0 Å². The van der Waals surface area contributed by atoms with Gasteiger partial charge in [-0.2, -0.15) is 0 Å². The Morgan fingerprint density at radius 3 is 1.68 bits per heavy atom. The zero-order valence-electron chi connectivity index (χ0n) is 30.0. The van der Waals surface area contributed by atoms with Crippen LogP contribution in [0.15, 0.2) is 0 Å². The van der Waals surface area contributed by atoms with Gasteiger partial charge in [-0.05, 0) is 89.8 Å². The van der Waals surface area contributed by atoms with Crippen LogP contribution in [0.4, 0.5) is 0 Å². The summed E-state index contributed by atoms with van der Waals surface area (Å²) in [5, 5.41) is 0. The highest BCUT2D eigenvalue weighted by molar-refractivity contribution is 5.70. The van der Waals surface area contributed by atoms with Crippen LogP contribution >= 0.6 is 0 Å². The summed E-state index contributed by atoms with van der Waals surface area (Å²) in [7, 11) is 2.17. The lowest BCUT2D eigenvalue weighted by molar-refractivity contribution is -0.151. The Hall–Kier alpha value is -1.10. The molecule has 1 heterocycles. The predicted molar refractivity (Wildman–Crippen MR) is 187 cm³/mol. The summed E-state index contributed by atoms with van der Waals surface area (Å²) < 4.78 is 11.8. The van der Waals surface area contributed by atoms with Crippen molar-refractivity contribution in [2.24, 2.45) is 11.8 Å². The molecule has 0 radical (unpaired) electrons. The summed E-state index contributed by atoms with van der Waals surface area (Å²) in [6, 6.07) is 0. The van der Waals surface area contributed by atoms with Gasteiger partial charge < -0.3 is 14.4 Å². The molecule has 1 aliphatic heterocycles. The lowest BCUT2D eigenvalue weighted by Gasteiger charge is -2.28. The number of nitrogens with zero attached hydrogens (tertiary/aromatic N) is 1. The molecule has 44 heavy (non-hydrogen) atoms. The van der Waals surface area contributed by atoms with Crippen molar-refractivity contribution in [3.8, 4) is 0 Å². The van der Waals surface area contributed by atoms with E-state index in [0.29, 0.717) is 31.3 Å². The average molecular weight is 622 g/mol. The molecule has 260 valence electrons. The molecule has 0 N–H and O–H groups in total. The van der Waals surface area contributed by atoms with Crippen LogP contribution in [0.1, 0.15) is 194 Å². The molecular formula is C39H75NO4. The normalized spacial score (nSPS) is 15.7. The molecule has 0 aromatic heterocycles. The Morgan fingerprint density at radius 1 is 0.614 bits per heavy atom. The standard InChI is InChI=1S/C39H75NO4/c1-5-8-11-13-14-17-21-26-37(44-39(42)33-35-29-31-40(4)32-30-35)27-22-18-15-16-19-23-28-38(41)43-34-36(24-10-7-3)25-20-12-9-6-2/h35-37H,5-34H2,1-4H3. The van der Waals surface area contributed by atoms with Gasteiger partial charge >= 0.3 is 11.9 Å². The van der Waals surface area contributed by atoms with Gasteiger partial charge in [0.25, 0.3) is 0 Å². The monoisotopic (exact) mass is 622 g/mol. The molecule has 0 aromatic carbocycles. The maximum atomic E-state index is 12.8. The molecule has 5 nitrogen and oxygen atoms in total. The van der Waals surface area contributed by atoms with Crippen molar-refractivity contribution in [2.45, 2.75) is 200 Å². The molecule has 1 aliphatic rings. The molecule has 0 saturated carbocycles. The van der Waals surface area contributed by atoms with Crippen molar-refractivity contribution in [3.63, 3.8) is 0 Å². The summed E-state index contributed by atoms with van der Waals surface area (Å²) in [6.45, 7) is 9.57. The molecule has 0 amide bonds. The Labute approximate surface area is 274 Å². The van der Waals surface area contributed by atoms with E-state index in [2.05, 4.69) is 32.7 Å². The first-order valence-corrected chi connectivity index (χ1v) is 19.5. The molecule has 0 aromatic rings. The number of piperidine rings is 1. The van der Waals surface area contributed by atoms with Gasteiger partial charge in [-0.1, -0.05) is 124 Å². The van der Waals surface area contributed by atoms with Crippen LogP contribution in [0, 0.1) is 11.8 Å². The van der Waals surface area contributed by atoms with Gasteiger partial charge in [0.2, 0.25) is 0 Å². The first kappa shape index (κ1) is 40.9. The van der Waals surface area contributed by atoms with Gasteiger partial charge in [0.15, 0.2) is 0 Å². The minimum absolute atomic E-state index is 0.00433. The molecule has 1 fully saturated rings. The topological polar surface area (TPSA) is 55.8 Å². The second-order valence-corrected chi connectivity index (χ2v) is 14.2. The highest BCUT2D eigenvalue weighted by atomic mass is 16.5. The van der Waals surface area contributed by atoms with Gasteiger partial charge in [-0.3, -0.25) is 9.59 Å². The molecule has 0 bridgehead atoms. The summed E-state index contributed by atoms with van der Waals surface area (Å²) in [4.78, 5) is 27.5. The first-order valence-electron chi connectivity index (χ1n) is 19.5. The number of carbonyl (C=O) groups is 2. The molecule has 2 atom stereocenters. The van der Waals surface area contributed by atoms with Crippen molar-refractivity contribution < 1.29 is 19.1 Å². The fraction of sp³-hybridized carbons (Fsp3) is 0.949. The number of carbonyl (C=O) groups excluding carboxylic acids is 2. The fourth-order valence-electron chi connectivity index (χ4n) is 6.62. The van der Waals surface area contributed by atoms with Crippen LogP contribution in [0.3, 0.4) is 0 Å². The zero-order chi connectivity index (χ0) is 32.1. The Morgan fingerprint density at radius 2 is 1.09 bits per heavy atom. The number of unbranched alkanes of at least 4 members (excludes halogenated alkanes) is 15. The number of likely N-dealkylation sites (tertiary alicyclic amines) is 1. The van der Waals surface area contributed by atoms with Crippen molar-refractivity contribution in [2.75, 3.05) is 26.7 Å². The van der Waals surface area contributed by atoms with E-state index in [1.54, 1.807) is 0 Å². The molecule has 1 rings (SSSR count). The Bertz CT molecular complexity index is 661. The van der Waals surface area contributed by atoms with Crippen molar-refractivity contribution in [1.29, 1.82) is 0 Å². The zero-order valence-corrected chi connectivity index (χ0v) is 30.0. The van der Waals surface area contributed by atoms with E-state index in [4.69, 9.17) is 9.47 Å². The smallest absolute Gasteiger partial charge is 0.306 e. The van der Waals surface area contributed by atoms with Crippen LogP contribution in [-0.4, -0.2) is 49.7 Å². The summed E-state index contributed by atoms with van der Waals surface area (Å²) in [5.74, 6) is 1.06. The van der Waals surface area contributed by atoms with Gasteiger partial charge in [-0.15, -0.1) is 0 Å². The van der Waals surface area contributed by atoms with Gasteiger partial charge in [0.05, 0.1) is 6.61 Å². The second kappa shape index (κ2) is 29.3. The highest BCUT2D eigenvalue weighted by Gasteiger charge is 2.22. The van der Waals surface area contributed by atoms with Gasteiger partial charge in [0.1, 0.15) is 6.10 Å². The summed E-state index contributed by atoms with van der Waals surface area (Å²) in [5.41, 5.74) is 0. The molecule has 5 heteroatoms. The van der Waals surface area contributed by atoms with Crippen molar-refractivity contribution >= 4 is 11.9 Å². The molecule has 0 spiro atoms. The van der Waals surface area contributed by atoms with E-state index < -0.39 is 0 Å². The fourth-order valence-corrected chi connectivity index (χ4v) is 6.62. The predicted octanol–water partition coefficient (Wildman–Crippen LogP) is 11.2. The van der Waals surface area contributed by atoms with Gasteiger partial charge in [0, 0.05) is 12.8 Å². The summed E-state index contributed by atoms with van der Waals surface area (Å²) >= 11 is 0. The number of hydrogen-bond donors (Lipinski definition) is 0. The largest absolute Gasteiger partial charge is 0.465 e. The van der Waals surface area contributed by atoms with E-state index >= 15 is 0 Å². The maximum absolute atomic E-state index is 12.8. The summed E-state index contributed by atoms with van der Waals surface area (Å²) in [6.07, 6.45) is 31.2. The van der Waals surface area contributed by atoms with Crippen LogP contribution < -0.4 is 0 Å². The Kier molecular flexibility index (Phi) is 27.3. The second-order valence-electron chi connectivity index (χ2n) is 14.2. The van der Waals surface area contributed by atoms with Gasteiger partial charge in [-0.25, -0.2) is 0 Å². The van der Waals surface area contributed by atoms with E-state index in [0.717, 1.165) is 58.0 Å². The third-order valence-electron chi connectivity index (χ3n) is 9.79. The van der Waals surface area contributed by atoms with Crippen LogP contribution in [-0.2, 0) is 19.1 Å². The van der Waals surface area contributed by atoms with E-state index in [9.17, 15) is 9.59 Å². The van der Waals surface area contributed by atoms with E-state index in [1.165, 1.54) is 116 Å². The molecular weight excluding hydrogens is 546 g/mol. The number of rotatable bonds is 30. The van der Waals surface area contributed by atoms with Crippen molar-refractivity contribution in [1.82, 2.24) is 4.90 Å². The number of esters is 2. The number of ether oxygens (including phenoxy) is 2. The first-order chi connectivity index (χ1) is 21.5. The average Bonchev–Trinajstić information content (AvgIpc) is 3.01. The van der Waals surface area contributed by atoms with Crippen LogP contribution in [0.2, 0.25) is 0 Å². The minimum Gasteiger partial charge on any atom is -0.465 e. The van der Waals surface area contributed by atoms with E-state index in [-0.39, 0.29) is 18.0 Å². The van der Waals surface area contributed by atoms with Crippen LogP contribution in [0.25, 0.3) is 0 Å². The lowest BCUT2D eigenvalue weighted by atomic mass is 9.94. The third-order valence-corrected chi connectivity index (χ3v) is 9.79. The molecule has 2 unspecified atom stereocenters. The maximum Gasteiger partial charge on any atom is 0.306 e. The SMILES string of the molecule is CCCCCCCCCC(CCCCCCCCC(=O)OCC(CCCC)CCCCCC)OC(=O)CC1CCN(C)CC1. The third kappa shape index (κ3) is 24.2. The quantitative estimate of drug-likeness (QED) is 0.0590. The molecule has 0 aliphatic carbocycles.